The van der Waals surface area contributed by atoms with Crippen LogP contribution in [0, 0.1) is 5.41 Å². The molecule has 88 valence electrons. The number of hydrogen-bond donors (Lipinski definition) is 1. The van der Waals surface area contributed by atoms with E-state index in [0.717, 1.165) is 13.1 Å². The quantitative estimate of drug-likeness (QED) is 0.751. The fourth-order valence-corrected chi connectivity index (χ4v) is 1.67. The molecule has 1 amide bonds. The Hall–Kier alpha value is -0.570. The van der Waals surface area contributed by atoms with Crippen molar-refractivity contribution in [3.05, 3.63) is 0 Å². The largest absolute Gasteiger partial charge is 0.339 e. The third-order valence-corrected chi connectivity index (χ3v) is 2.58. The van der Waals surface area contributed by atoms with Crippen LogP contribution in [0.5, 0.6) is 0 Å². The van der Waals surface area contributed by atoms with E-state index in [9.17, 15) is 4.79 Å². The van der Waals surface area contributed by atoms with E-state index in [1.807, 2.05) is 4.90 Å². The minimum atomic E-state index is 0.247. The van der Waals surface area contributed by atoms with Gasteiger partial charge in [0.15, 0.2) is 0 Å². The number of carbonyl (C=O) groups excluding carboxylic acids is 1. The number of nitrogens with zero attached hydrogens (tertiary/aromatic N) is 1. The number of nitrogens with one attached hydrogen (secondary N) is 1. The van der Waals surface area contributed by atoms with Gasteiger partial charge in [0, 0.05) is 19.1 Å². The van der Waals surface area contributed by atoms with Crippen LogP contribution < -0.4 is 5.32 Å². The van der Waals surface area contributed by atoms with Gasteiger partial charge in [-0.2, -0.15) is 0 Å². The molecule has 0 radical (unpaired) electrons. The van der Waals surface area contributed by atoms with Gasteiger partial charge in [0.2, 0.25) is 5.91 Å². The first-order chi connectivity index (χ1) is 6.94. The highest BCUT2D eigenvalue weighted by Gasteiger charge is 2.30. The van der Waals surface area contributed by atoms with Gasteiger partial charge in [-0.3, -0.25) is 4.79 Å². The van der Waals surface area contributed by atoms with E-state index in [2.05, 4.69) is 33.0 Å². The maximum Gasteiger partial charge on any atom is 0.236 e. The zero-order valence-electron chi connectivity index (χ0n) is 10.5. The van der Waals surface area contributed by atoms with E-state index < -0.39 is 0 Å². The first-order valence-corrected chi connectivity index (χ1v) is 5.94. The van der Waals surface area contributed by atoms with Crippen LogP contribution in [-0.4, -0.2) is 36.5 Å². The molecule has 0 spiro atoms. The van der Waals surface area contributed by atoms with E-state index in [4.69, 9.17) is 0 Å². The minimum Gasteiger partial charge on any atom is -0.339 e. The van der Waals surface area contributed by atoms with E-state index in [0.29, 0.717) is 12.6 Å². The Morgan fingerprint density at radius 1 is 1.40 bits per heavy atom. The molecule has 3 nitrogen and oxygen atoms in total. The van der Waals surface area contributed by atoms with E-state index in [1.54, 1.807) is 0 Å². The zero-order chi connectivity index (χ0) is 11.5. The Morgan fingerprint density at radius 2 is 2.00 bits per heavy atom. The van der Waals surface area contributed by atoms with Crippen LogP contribution in [0.4, 0.5) is 0 Å². The molecule has 0 unspecified atom stereocenters. The normalized spacial score (nSPS) is 16.5. The second kappa shape index (κ2) is 4.97. The summed E-state index contributed by atoms with van der Waals surface area (Å²) in [5, 5.41) is 3.23. The average Bonchev–Trinajstić information content (AvgIpc) is 2.87. The fourth-order valence-electron chi connectivity index (χ4n) is 1.67. The summed E-state index contributed by atoms with van der Waals surface area (Å²) in [6, 6.07) is 0.541. The smallest absolute Gasteiger partial charge is 0.236 e. The molecule has 1 saturated carbocycles. The Bertz CT molecular complexity index is 216. The fraction of sp³-hybridized carbons (Fsp3) is 0.917. The van der Waals surface area contributed by atoms with Gasteiger partial charge in [-0.25, -0.2) is 0 Å². The zero-order valence-corrected chi connectivity index (χ0v) is 10.5. The number of carbonyl (C=O) groups is 1. The van der Waals surface area contributed by atoms with Crippen molar-refractivity contribution in [3.8, 4) is 0 Å². The van der Waals surface area contributed by atoms with Gasteiger partial charge in [0.05, 0.1) is 6.54 Å². The lowest BCUT2D eigenvalue weighted by Crippen LogP contribution is -2.41. The van der Waals surface area contributed by atoms with Crippen molar-refractivity contribution in [3.63, 3.8) is 0 Å². The van der Waals surface area contributed by atoms with Gasteiger partial charge in [-0.05, 0) is 25.2 Å². The second-order valence-electron chi connectivity index (χ2n) is 5.58. The summed E-state index contributed by atoms with van der Waals surface area (Å²) < 4.78 is 0. The highest BCUT2D eigenvalue weighted by Crippen LogP contribution is 2.26. The van der Waals surface area contributed by atoms with Crippen LogP contribution in [0.1, 0.15) is 40.5 Å². The van der Waals surface area contributed by atoms with E-state index in [1.165, 1.54) is 12.8 Å². The summed E-state index contributed by atoms with van der Waals surface area (Å²) in [4.78, 5) is 13.8. The van der Waals surface area contributed by atoms with Gasteiger partial charge in [-0.1, -0.05) is 20.8 Å². The van der Waals surface area contributed by atoms with Gasteiger partial charge in [-0.15, -0.1) is 0 Å². The van der Waals surface area contributed by atoms with Crippen molar-refractivity contribution in [2.45, 2.75) is 46.6 Å². The maximum atomic E-state index is 11.8. The van der Waals surface area contributed by atoms with Gasteiger partial charge in [0.1, 0.15) is 0 Å². The van der Waals surface area contributed by atoms with Crippen molar-refractivity contribution >= 4 is 5.91 Å². The highest BCUT2D eigenvalue weighted by atomic mass is 16.2. The van der Waals surface area contributed by atoms with Crippen molar-refractivity contribution < 1.29 is 4.79 Å². The second-order valence-corrected chi connectivity index (χ2v) is 5.58. The lowest BCUT2D eigenvalue weighted by atomic mass is 9.97. The number of rotatable bonds is 5. The average molecular weight is 212 g/mol. The molecule has 3 heteroatoms. The summed E-state index contributed by atoms with van der Waals surface area (Å²) >= 11 is 0. The molecule has 0 aromatic heterocycles. The van der Waals surface area contributed by atoms with Crippen LogP contribution >= 0.6 is 0 Å². The van der Waals surface area contributed by atoms with Crippen molar-refractivity contribution in [1.82, 2.24) is 10.2 Å². The first kappa shape index (κ1) is 12.5. The summed E-state index contributed by atoms with van der Waals surface area (Å²) in [6.45, 7) is 10.8. The Kier molecular flexibility index (Phi) is 4.14. The van der Waals surface area contributed by atoms with Crippen molar-refractivity contribution in [2.24, 2.45) is 5.41 Å². The summed E-state index contributed by atoms with van der Waals surface area (Å²) in [6.07, 6.45) is 2.39. The molecular weight excluding hydrogens is 188 g/mol. The van der Waals surface area contributed by atoms with E-state index in [-0.39, 0.29) is 11.3 Å². The van der Waals surface area contributed by atoms with Gasteiger partial charge in [0.25, 0.3) is 0 Å². The van der Waals surface area contributed by atoms with Crippen LogP contribution in [0.25, 0.3) is 0 Å². The van der Waals surface area contributed by atoms with Crippen LogP contribution in [-0.2, 0) is 4.79 Å². The third-order valence-electron chi connectivity index (χ3n) is 2.58. The van der Waals surface area contributed by atoms with Gasteiger partial charge >= 0.3 is 0 Å². The number of likely N-dealkylation sites (N-methyl/N-ethyl adjacent to an activating group) is 1. The number of amides is 1. The minimum absolute atomic E-state index is 0.247. The molecular formula is C12H24N2O. The standard InChI is InChI=1S/C12H24N2O/c1-5-14(10-6-7-10)11(15)8-13-9-12(2,3)4/h10,13H,5-9H2,1-4H3. The predicted molar refractivity (Wildman–Crippen MR) is 62.7 cm³/mol. The highest BCUT2D eigenvalue weighted by molar-refractivity contribution is 5.78. The monoisotopic (exact) mass is 212 g/mol. The Morgan fingerprint density at radius 3 is 2.40 bits per heavy atom. The van der Waals surface area contributed by atoms with Crippen molar-refractivity contribution in [2.75, 3.05) is 19.6 Å². The van der Waals surface area contributed by atoms with Crippen LogP contribution in [0.2, 0.25) is 0 Å². The molecule has 0 aliphatic heterocycles. The molecule has 1 aliphatic rings. The third kappa shape index (κ3) is 4.65. The molecule has 0 saturated heterocycles. The molecule has 1 aliphatic carbocycles. The SMILES string of the molecule is CCN(C(=O)CNCC(C)(C)C)C1CC1. The predicted octanol–water partition coefficient (Wildman–Crippen LogP) is 1.63. The molecule has 0 atom stereocenters. The first-order valence-electron chi connectivity index (χ1n) is 5.94. The Labute approximate surface area is 93.2 Å². The lowest BCUT2D eigenvalue weighted by Gasteiger charge is -2.23. The molecule has 1 fully saturated rings. The molecule has 0 heterocycles. The summed E-state index contributed by atoms with van der Waals surface area (Å²) in [5.74, 6) is 0.254. The Balaban J connectivity index is 2.22. The van der Waals surface area contributed by atoms with Crippen molar-refractivity contribution in [1.29, 1.82) is 0 Å². The molecule has 0 bridgehead atoms. The maximum absolute atomic E-state index is 11.8. The van der Waals surface area contributed by atoms with Crippen LogP contribution in [0.15, 0.2) is 0 Å². The molecule has 1 N–H and O–H groups in total. The molecule has 0 aromatic carbocycles. The van der Waals surface area contributed by atoms with Crippen LogP contribution in [0.3, 0.4) is 0 Å². The summed E-state index contributed by atoms with van der Waals surface area (Å²) in [7, 11) is 0. The van der Waals surface area contributed by atoms with E-state index >= 15 is 0 Å². The topological polar surface area (TPSA) is 32.3 Å². The lowest BCUT2D eigenvalue weighted by molar-refractivity contribution is -0.130. The summed E-state index contributed by atoms with van der Waals surface area (Å²) in [5.41, 5.74) is 0.247. The molecule has 15 heavy (non-hydrogen) atoms. The molecule has 1 rings (SSSR count). The van der Waals surface area contributed by atoms with Gasteiger partial charge < -0.3 is 10.2 Å². The number of hydrogen-bond acceptors (Lipinski definition) is 2. The molecule has 0 aromatic rings.